The van der Waals surface area contributed by atoms with Crippen LogP contribution in [0.2, 0.25) is 0 Å². The second-order valence-corrected chi connectivity index (χ2v) is 7.43. The largest absolute Gasteiger partial charge is 0.341 e. The summed E-state index contributed by atoms with van der Waals surface area (Å²) in [6.45, 7) is 5.36. The Bertz CT molecular complexity index is 537. The van der Waals surface area contributed by atoms with Crippen LogP contribution in [0.5, 0.6) is 0 Å². The molecule has 0 aromatic heterocycles. The Labute approximate surface area is 170 Å². The molecule has 2 heterocycles. The van der Waals surface area contributed by atoms with Gasteiger partial charge in [-0.2, -0.15) is 0 Å². The average molecular weight is 402 g/mol. The van der Waals surface area contributed by atoms with Crippen molar-refractivity contribution in [1.29, 1.82) is 0 Å². The van der Waals surface area contributed by atoms with E-state index in [9.17, 15) is 4.79 Å². The molecule has 2 aliphatic rings. The van der Waals surface area contributed by atoms with Crippen LogP contribution in [0, 0.1) is 0 Å². The number of likely N-dealkylation sites (N-methyl/N-ethyl adjacent to an activating group) is 1. The van der Waals surface area contributed by atoms with Gasteiger partial charge in [0.25, 0.3) is 0 Å². The van der Waals surface area contributed by atoms with Gasteiger partial charge < -0.3 is 10.2 Å². The number of nitrogens with one attached hydrogen (secondary N) is 1. The Morgan fingerprint density at radius 2 is 1.92 bits per heavy atom. The molecular formula is C20H33Cl2N3O. The Hall–Kier alpha value is -0.810. The highest BCUT2D eigenvalue weighted by Crippen LogP contribution is 2.24. The molecule has 0 radical (unpaired) electrons. The highest BCUT2D eigenvalue weighted by molar-refractivity contribution is 5.85. The highest BCUT2D eigenvalue weighted by Gasteiger charge is 2.32. The quantitative estimate of drug-likeness (QED) is 0.838. The summed E-state index contributed by atoms with van der Waals surface area (Å²) in [5, 5.41) is 3.39. The third-order valence-electron chi connectivity index (χ3n) is 5.72. The van der Waals surface area contributed by atoms with Gasteiger partial charge in [0.15, 0.2) is 0 Å². The van der Waals surface area contributed by atoms with Crippen LogP contribution in [-0.2, 0) is 11.3 Å². The van der Waals surface area contributed by atoms with Crippen molar-refractivity contribution in [3.63, 3.8) is 0 Å². The van der Waals surface area contributed by atoms with E-state index in [1.54, 1.807) is 0 Å². The number of benzene rings is 1. The van der Waals surface area contributed by atoms with Crippen LogP contribution in [0.3, 0.4) is 0 Å². The zero-order chi connectivity index (χ0) is 16.9. The van der Waals surface area contributed by atoms with Crippen molar-refractivity contribution in [2.75, 3.05) is 20.1 Å². The number of amides is 1. The summed E-state index contributed by atoms with van der Waals surface area (Å²) in [6.07, 6.45) is 5.51. The molecule has 0 aliphatic carbocycles. The van der Waals surface area contributed by atoms with Crippen LogP contribution in [0.25, 0.3) is 0 Å². The van der Waals surface area contributed by atoms with Gasteiger partial charge in [0.1, 0.15) is 0 Å². The van der Waals surface area contributed by atoms with Crippen molar-refractivity contribution in [2.24, 2.45) is 0 Å². The second-order valence-electron chi connectivity index (χ2n) is 7.43. The van der Waals surface area contributed by atoms with Crippen LogP contribution >= 0.6 is 24.8 Å². The third-order valence-corrected chi connectivity index (χ3v) is 5.72. The zero-order valence-electron chi connectivity index (χ0n) is 15.9. The molecule has 0 bridgehead atoms. The smallest absolute Gasteiger partial charge is 0.239 e. The van der Waals surface area contributed by atoms with E-state index in [0.717, 1.165) is 38.9 Å². The summed E-state index contributed by atoms with van der Waals surface area (Å²) in [5.41, 5.74) is 1.37. The normalized spacial score (nSPS) is 26.3. The van der Waals surface area contributed by atoms with Crippen LogP contribution in [-0.4, -0.2) is 54.0 Å². The second kappa shape index (κ2) is 11.1. The van der Waals surface area contributed by atoms with E-state index >= 15 is 0 Å². The lowest BCUT2D eigenvalue weighted by molar-refractivity contribution is -0.136. The molecule has 0 saturated carbocycles. The minimum atomic E-state index is 0. The van der Waals surface area contributed by atoms with Crippen molar-refractivity contribution in [1.82, 2.24) is 15.1 Å². The number of hydrogen-bond acceptors (Lipinski definition) is 3. The van der Waals surface area contributed by atoms with E-state index < -0.39 is 0 Å². The minimum Gasteiger partial charge on any atom is -0.341 e. The summed E-state index contributed by atoms with van der Waals surface area (Å²) in [4.78, 5) is 17.3. The molecule has 26 heavy (non-hydrogen) atoms. The summed E-state index contributed by atoms with van der Waals surface area (Å²) in [6, 6.07) is 11.6. The number of halogens is 2. The Morgan fingerprint density at radius 3 is 2.54 bits per heavy atom. The van der Waals surface area contributed by atoms with Crippen molar-refractivity contribution < 1.29 is 4.79 Å². The van der Waals surface area contributed by atoms with Crippen LogP contribution in [0.1, 0.15) is 44.6 Å². The number of carbonyl (C=O) groups is 1. The number of piperidine rings is 2. The molecule has 3 atom stereocenters. The molecule has 4 nitrogen and oxygen atoms in total. The van der Waals surface area contributed by atoms with Crippen molar-refractivity contribution >= 4 is 30.7 Å². The van der Waals surface area contributed by atoms with E-state index in [2.05, 4.69) is 47.5 Å². The van der Waals surface area contributed by atoms with E-state index in [1.807, 2.05) is 11.9 Å². The fourth-order valence-electron chi connectivity index (χ4n) is 4.09. The summed E-state index contributed by atoms with van der Waals surface area (Å²) >= 11 is 0. The predicted octanol–water partition coefficient (Wildman–Crippen LogP) is 3.48. The van der Waals surface area contributed by atoms with Crippen LogP contribution in [0.4, 0.5) is 0 Å². The van der Waals surface area contributed by atoms with Crippen molar-refractivity contribution in [3.05, 3.63) is 35.9 Å². The fourth-order valence-corrected chi connectivity index (χ4v) is 4.09. The fraction of sp³-hybridized carbons (Fsp3) is 0.650. The van der Waals surface area contributed by atoms with Gasteiger partial charge in [-0.3, -0.25) is 9.69 Å². The molecule has 148 valence electrons. The first-order valence-corrected chi connectivity index (χ1v) is 9.43. The Kier molecular flexibility index (Phi) is 9.94. The summed E-state index contributed by atoms with van der Waals surface area (Å²) < 4.78 is 0. The van der Waals surface area contributed by atoms with E-state index in [0.29, 0.717) is 18.0 Å². The molecule has 2 aliphatic heterocycles. The molecule has 0 spiro atoms. The molecular weight excluding hydrogens is 369 g/mol. The first kappa shape index (κ1) is 23.2. The SMILES string of the molecule is CC1CC(N(C)C(=O)[C@H]2CCCCN2)CCN1Cc1ccccc1.Cl.Cl. The van der Waals surface area contributed by atoms with Gasteiger partial charge >= 0.3 is 0 Å². The highest BCUT2D eigenvalue weighted by atomic mass is 35.5. The number of likely N-dealkylation sites (tertiary alicyclic amines) is 1. The average Bonchev–Trinajstić information content (AvgIpc) is 2.64. The Morgan fingerprint density at radius 1 is 1.19 bits per heavy atom. The number of hydrogen-bond donors (Lipinski definition) is 1. The first-order chi connectivity index (χ1) is 11.6. The zero-order valence-corrected chi connectivity index (χ0v) is 17.5. The monoisotopic (exact) mass is 401 g/mol. The predicted molar refractivity (Wildman–Crippen MR) is 112 cm³/mol. The summed E-state index contributed by atoms with van der Waals surface area (Å²) in [5.74, 6) is 0.295. The maximum absolute atomic E-state index is 12.7. The lowest BCUT2D eigenvalue weighted by Crippen LogP contribution is -2.54. The van der Waals surface area contributed by atoms with E-state index in [1.165, 1.54) is 18.4 Å². The number of carbonyl (C=O) groups excluding carboxylic acids is 1. The third kappa shape index (κ3) is 5.85. The number of nitrogens with zero attached hydrogens (tertiary/aromatic N) is 2. The molecule has 3 rings (SSSR count). The Balaban J connectivity index is 0.00000169. The molecule has 1 N–H and O–H groups in total. The van der Waals surface area contributed by atoms with Gasteiger partial charge in [0, 0.05) is 32.2 Å². The molecule has 6 heteroatoms. The molecule has 1 aromatic rings. The topological polar surface area (TPSA) is 35.6 Å². The lowest BCUT2D eigenvalue weighted by atomic mass is 9.95. The minimum absolute atomic E-state index is 0. The summed E-state index contributed by atoms with van der Waals surface area (Å²) in [7, 11) is 2.00. The van der Waals surface area contributed by atoms with Gasteiger partial charge in [-0.1, -0.05) is 36.8 Å². The van der Waals surface area contributed by atoms with Crippen molar-refractivity contribution in [3.8, 4) is 0 Å². The standard InChI is InChI=1S/C20H31N3O.2ClH/c1-16-14-18(22(2)20(24)19-10-6-7-12-21-19)11-13-23(16)15-17-8-4-3-5-9-17;;/h3-5,8-9,16,18-19,21H,6-7,10-15H2,1-2H3;2*1H/t16?,18?,19-;;/m1../s1. The number of rotatable bonds is 4. The molecule has 2 unspecified atom stereocenters. The molecule has 2 saturated heterocycles. The first-order valence-electron chi connectivity index (χ1n) is 9.43. The van der Waals surface area contributed by atoms with E-state index in [4.69, 9.17) is 0 Å². The van der Waals surface area contributed by atoms with Crippen LogP contribution < -0.4 is 5.32 Å². The van der Waals surface area contributed by atoms with Crippen molar-refractivity contribution in [2.45, 2.75) is 63.7 Å². The van der Waals surface area contributed by atoms with Crippen LogP contribution in [0.15, 0.2) is 30.3 Å². The van der Waals surface area contributed by atoms with Gasteiger partial charge in [0.2, 0.25) is 5.91 Å². The maximum atomic E-state index is 12.7. The van der Waals surface area contributed by atoms with Gasteiger partial charge in [-0.05, 0) is 44.7 Å². The van der Waals surface area contributed by atoms with Gasteiger partial charge in [-0.15, -0.1) is 24.8 Å². The maximum Gasteiger partial charge on any atom is 0.239 e. The van der Waals surface area contributed by atoms with Gasteiger partial charge in [0.05, 0.1) is 6.04 Å². The van der Waals surface area contributed by atoms with E-state index in [-0.39, 0.29) is 30.9 Å². The lowest BCUT2D eigenvalue weighted by Gasteiger charge is -2.42. The van der Waals surface area contributed by atoms with Gasteiger partial charge in [-0.25, -0.2) is 0 Å². The molecule has 1 amide bonds. The molecule has 2 fully saturated rings. The molecule has 1 aromatic carbocycles.